The molecule has 4 aromatic heterocycles. The summed E-state index contributed by atoms with van der Waals surface area (Å²) in [4.78, 5) is 13.1. The number of aryl methyl sites for hydroxylation is 2. The van der Waals surface area contributed by atoms with Crippen LogP contribution >= 0.6 is 0 Å². The predicted octanol–water partition coefficient (Wildman–Crippen LogP) is 3.20. The normalized spacial score (nSPS) is 15.7. The second kappa shape index (κ2) is 8.91. The number of nitrogens with two attached hydrogens (primary N) is 1. The number of nitrogens with zero attached hydrogens (tertiary/aromatic N) is 6. The van der Waals surface area contributed by atoms with E-state index in [9.17, 15) is 8.42 Å². The van der Waals surface area contributed by atoms with Crippen LogP contribution in [0.2, 0.25) is 0 Å². The van der Waals surface area contributed by atoms with Gasteiger partial charge in [-0.15, -0.1) is 0 Å². The van der Waals surface area contributed by atoms with Gasteiger partial charge in [0.15, 0.2) is 17.6 Å². The van der Waals surface area contributed by atoms with Gasteiger partial charge in [0.2, 0.25) is 15.7 Å². The standard InChI is InChI=1S/C26H24FN9O3S/c1-14-18(9-31-26-25(14)32-12-40(37,38)13-39-26)17-6-15-7-20(30-10-19(15)24(28)23(17)27)33-21-8-16-2-4-35-5-3-29-22(35)11-36(16)34-21/h3,5-10,32H,2,4,11-13,28H2,1H3,(H,30,33,34). The average molecular weight is 562 g/mol. The summed E-state index contributed by atoms with van der Waals surface area (Å²) in [7, 11) is -3.46. The topological polar surface area (TPSA) is 155 Å². The number of rotatable bonds is 3. The first-order chi connectivity index (χ1) is 19.3. The lowest BCUT2D eigenvalue weighted by Gasteiger charge is -2.16. The van der Waals surface area contributed by atoms with Gasteiger partial charge in [-0.05, 0) is 30.0 Å². The number of anilines is 4. The molecule has 40 heavy (non-hydrogen) atoms. The van der Waals surface area contributed by atoms with Crippen LogP contribution in [0, 0.1) is 12.7 Å². The molecule has 0 amide bonds. The Morgan fingerprint density at radius 2 is 2.00 bits per heavy atom. The van der Waals surface area contributed by atoms with Crippen LogP contribution in [0.3, 0.4) is 0 Å². The number of fused-ring (bicyclic) bond motifs is 4. The van der Waals surface area contributed by atoms with Crippen molar-refractivity contribution in [2.24, 2.45) is 0 Å². The van der Waals surface area contributed by atoms with Crippen LogP contribution in [0.15, 0.2) is 43.0 Å². The first-order valence-corrected chi connectivity index (χ1v) is 14.4. The molecule has 1 aromatic carbocycles. The van der Waals surface area contributed by atoms with Gasteiger partial charge in [0, 0.05) is 66.0 Å². The lowest BCUT2D eigenvalue weighted by molar-refractivity contribution is 0.367. The van der Waals surface area contributed by atoms with E-state index in [0.29, 0.717) is 45.8 Å². The average Bonchev–Trinajstić information content (AvgIpc) is 3.45. The number of halogens is 1. The smallest absolute Gasteiger partial charge is 0.238 e. The van der Waals surface area contributed by atoms with Crippen molar-refractivity contribution in [1.29, 1.82) is 0 Å². The third kappa shape index (κ3) is 4.07. The molecule has 2 aliphatic heterocycles. The van der Waals surface area contributed by atoms with Crippen molar-refractivity contribution >= 4 is 43.6 Å². The van der Waals surface area contributed by atoms with E-state index in [1.54, 1.807) is 25.3 Å². The first kappa shape index (κ1) is 24.3. The van der Waals surface area contributed by atoms with Crippen molar-refractivity contribution in [1.82, 2.24) is 29.3 Å². The molecule has 204 valence electrons. The highest BCUT2D eigenvalue weighted by molar-refractivity contribution is 7.91. The molecule has 0 spiro atoms. The summed E-state index contributed by atoms with van der Waals surface area (Å²) in [6.07, 6.45) is 7.58. The molecule has 0 bridgehead atoms. The number of nitrogen functional groups attached to an aromatic ring is 1. The number of hydrogen-bond donors (Lipinski definition) is 3. The van der Waals surface area contributed by atoms with Crippen molar-refractivity contribution in [2.45, 2.75) is 26.4 Å². The SMILES string of the molecule is Cc1c(-c2cc3cc(Nc4cc5n(n4)Cc4nccn4CC5)ncc3c(N)c2F)cnc2c1NCS(=O)(=O)CO2. The fraction of sp³-hybridized carbons (Fsp3) is 0.231. The van der Waals surface area contributed by atoms with Gasteiger partial charge in [-0.2, -0.15) is 5.10 Å². The Hall–Kier alpha value is -4.72. The maximum Gasteiger partial charge on any atom is 0.238 e. The number of aromatic nitrogens is 6. The van der Waals surface area contributed by atoms with Crippen LogP contribution < -0.4 is 21.1 Å². The van der Waals surface area contributed by atoms with Gasteiger partial charge in [0.25, 0.3) is 0 Å². The van der Waals surface area contributed by atoms with Crippen molar-refractivity contribution < 1.29 is 17.5 Å². The van der Waals surface area contributed by atoms with Gasteiger partial charge >= 0.3 is 0 Å². The molecule has 12 nitrogen and oxygen atoms in total. The molecule has 0 saturated carbocycles. The van der Waals surface area contributed by atoms with E-state index in [-0.39, 0.29) is 23.0 Å². The molecule has 0 aliphatic carbocycles. The fourth-order valence-corrected chi connectivity index (χ4v) is 5.89. The molecule has 0 radical (unpaired) electrons. The molecule has 4 N–H and O–H groups in total. The third-order valence-corrected chi connectivity index (χ3v) is 8.32. The summed E-state index contributed by atoms with van der Waals surface area (Å²) in [5.41, 5.74) is 8.94. The van der Waals surface area contributed by atoms with E-state index in [1.807, 2.05) is 16.9 Å². The van der Waals surface area contributed by atoms with E-state index < -0.39 is 21.6 Å². The first-order valence-electron chi connectivity index (χ1n) is 12.5. The number of hydrogen-bond acceptors (Lipinski definition) is 10. The Kier molecular flexibility index (Phi) is 5.42. The molecule has 6 heterocycles. The lowest BCUT2D eigenvalue weighted by atomic mass is 9.97. The van der Waals surface area contributed by atoms with Crippen molar-refractivity contribution in [3.05, 3.63) is 65.9 Å². The molecule has 14 heteroatoms. The number of nitrogens with one attached hydrogen (secondary N) is 2. The Labute approximate surface area is 227 Å². The van der Waals surface area contributed by atoms with Crippen LogP contribution in [0.4, 0.5) is 27.4 Å². The molecule has 0 unspecified atom stereocenters. The minimum Gasteiger partial charge on any atom is -0.460 e. The summed E-state index contributed by atoms with van der Waals surface area (Å²) in [6, 6.07) is 5.45. The number of ether oxygens (including phenoxy) is 1. The van der Waals surface area contributed by atoms with Crippen molar-refractivity contribution in [2.75, 3.05) is 28.2 Å². The summed E-state index contributed by atoms with van der Waals surface area (Å²) in [6.45, 7) is 3.16. The van der Waals surface area contributed by atoms with E-state index in [4.69, 9.17) is 10.5 Å². The number of pyridine rings is 2. The largest absolute Gasteiger partial charge is 0.460 e. The Balaban J connectivity index is 1.24. The molecular formula is C26H24FN9O3S. The summed E-state index contributed by atoms with van der Waals surface area (Å²) in [5, 5.41) is 11.9. The van der Waals surface area contributed by atoms with Crippen LogP contribution in [0.25, 0.3) is 21.9 Å². The van der Waals surface area contributed by atoms with Gasteiger partial charge in [-0.25, -0.2) is 27.8 Å². The second-order valence-electron chi connectivity index (χ2n) is 9.84. The summed E-state index contributed by atoms with van der Waals surface area (Å²) < 4.78 is 49.0. The zero-order valence-corrected chi connectivity index (χ0v) is 22.2. The Morgan fingerprint density at radius 3 is 2.88 bits per heavy atom. The van der Waals surface area contributed by atoms with Gasteiger partial charge < -0.3 is 25.7 Å². The summed E-state index contributed by atoms with van der Waals surface area (Å²) in [5.74, 6) is 0.861. The van der Waals surface area contributed by atoms with Crippen molar-refractivity contribution in [3.8, 4) is 17.0 Å². The van der Waals surface area contributed by atoms with Gasteiger partial charge in [-0.3, -0.25) is 4.68 Å². The van der Waals surface area contributed by atoms with Gasteiger partial charge in [0.1, 0.15) is 23.2 Å². The van der Waals surface area contributed by atoms with E-state index in [2.05, 4.69) is 35.3 Å². The minimum absolute atomic E-state index is 0.0445. The molecule has 2 aliphatic rings. The molecule has 0 fully saturated rings. The van der Waals surface area contributed by atoms with E-state index in [1.165, 1.54) is 12.4 Å². The molecule has 5 aromatic rings. The fourth-order valence-electron chi connectivity index (χ4n) is 5.15. The zero-order chi connectivity index (χ0) is 27.6. The number of sulfone groups is 1. The minimum atomic E-state index is -3.46. The number of benzene rings is 1. The van der Waals surface area contributed by atoms with Crippen LogP contribution in [-0.4, -0.2) is 49.5 Å². The molecule has 0 saturated heterocycles. The summed E-state index contributed by atoms with van der Waals surface area (Å²) >= 11 is 0. The van der Waals surface area contributed by atoms with Crippen LogP contribution in [0.1, 0.15) is 17.1 Å². The monoisotopic (exact) mass is 561 g/mol. The lowest BCUT2D eigenvalue weighted by Crippen LogP contribution is -2.17. The Bertz CT molecular complexity index is 1930. The van der Waals surface area contributed by atoms with Gasteiger partial charge in [0.05, 0.1) is 12.2 Å². The second-order valence-corrected chi connectivity index (χ2v) is 11.8. The van der Waals surface area contributed by atoms with E-state index in [0.717, 1.165) is 24.5 Å². The zero-order valence-electron chi connectivity index (χ0n) is 21.3. The molecule has 7 rings (SSSR count). The third-order valence-electron chi connectivity index (χ3n) is 7.26. The highest BCUT2D eigenvalue weighted by Gasteiger charge is 2.25. The Morgan fingerprint density at radius 1 is 1.12 bits per heavy atom. The highest BCUT2D eigenvalue weighted by atomic mass is 32.2. The molecule has 0 atom stereocenters. The van der Waals surface area contributed by atoms with Crippen molar-refractivity contribution in [3.63, 3.8) is 0 Å². The van der Waals surface area contributed by atoms with E-state index >= 15 is 4.39 Å². The maximum absolute atomic E-state index is 15.6. The predicted molar refractivity (Wildman–Crippen MR) is 148 cm³/mol. The molecular weight excluding hydrogens is 537 g/mol. The van der Waals surface area contributed by atoms with Crippen LogP contribution in [-0.2, 0) is 29.3 Å². The highest BCUT2D eigenvalue weighted by Crippen LogP contribution is 2.39. The maximum atomic E-state index is 15.6. The number of imidazole rings is 1. The van der Waals surface area contributed by atoms with Crippen LogP contribution in [0.5, 0.6) is 5.88 Å². The van der Waals surface area contributed by atoms with Gasteiger partial charge in [-0.1, -0.05) is 0 Å². The quantitative estimate of drug-likeness (QED) is 0.280.